The standard InChI is InChI=1S/C31H38ClN3O4S/c1-7-25-12-8-9-14-28(25)35(40(38,39)27-17-15-22(2)16-18-27)21-29(36)34(20-24-11-10-13-26(32)19-24)23(3)30(37)33-31(4,5)6/h8-19,23H,7,20-21H2,1-6H3,(H,33,37)/t23-/m1/s1. The second-order valence-electron chi connectivity index (χ2n) is 10.9. The predicted molar refractivity (Wildman–Crippen MR) is 161 cm³/mol. The molecule has 0 spiro atoms. The second kappa shape index (κ2) is 12.9. The number of amides is 2. The van der Waals surface area contributed by atoms with Crippen molar-refractivity contribution in [1.29, 1.82) is 0 Å². The van der Waals surface area contributed by atoms with Crippen LogP contribution in [0.5, 0.6) is 0 Å². The fourth-order valence-corrected chi connectivity index (χ4v) is 5.96. The number of hydrogen-bond donors (Lipinski definition) is 1. The summed E-state index contributed by atoms with van der Waals surface area (Å²) < 4.78 is 29.2. The first-order valence-corrected chi connectivity index (χ1v) is 15.1. The first-order chi connectivity index (χ1) is 18.7. The molecule has 0 aliphatic heterocycles. The summed E-state index contributed by atoms with van der Waals surface area (Å²) in [5, 5.41) is 3.42. The Bertz CT molecular complexity index is 1450. The molecule has 2 amide bonds. The molecule has 40 heavy (non-hydrogen) atoms. The van der Waals surface area contributed by atoms with Crippen LogP contribution in [-0.2, 0) is 32.6 Å². The third kappa shape index (κ3) is 7.86. The van der Waals surface area contributed by atoms with Crippen LogP contribution in [0.1, 0.15) is 51.3 Å². The van der Waals surface area contributed by atoms with Gasteiger partial charge in [-0.3, -0.25) is 13.9 Å². The van der Waals surface area contributed by atoms with Crippen LogP contribution in [0, 0.1) is 6.92 Å². The van der Waals surface area contributed by atoms with Gasteiger partial charge in [-0.1, -0.05) is 66.6 Å². The number of sulfonamides is 1. The number of carbonyl (C=O) groups excluding carboxylic acids is 2. The number of benzene rings is 3. The van der Waals surface area contributed by atoms with E-state index in [1.807, 2.05) is 52.8 Å². The lowest BCUT2D eigenvalue weighted by Gasteiger charge is -2.34. The summed E-state index contributed by atoms with van der Waals surface area (Å²) in [4.78, 5) is 28.8. The zero-order valence-corrected chi connectivity index (χ0v) is 25.5. The van der Waals surface area contributed by atoms with E-state index < -0.39 is 34.1 Å². The summed E-state index contributed by atoms with van der Waals surface area (Å²) >= 11 is 6.20. The Kier molecular flexibility index (Phi) is 10.0. The summed E-state index contributed by atoms with van der Waals surface area (Å²) in [6.07, 6.45) is 0.570. The average Bonchev–Trinajstić information content (AvgIpc) is 2.89. The van der Waals surface area contributed by atoms with Gasteiger partial charge in [0.25, 0.3) is 10.0 Å². The highest BCUT2D eigenvalue weighted by molar-refractivity contribution is 7.92. The molecule has 1 atom stereocenters. The van der Waals surface area contributed by atoms with Crippen molar-refractivity contribution in [3.8, 4) is 0 Å². The Morgan fingerprint density at radius 1 is 0.975 bits per heavy atom. The highest BCUT2D eigenvalue weighted by Gasteiger charge is 2.34. The smallest absolute Gasteiger partial charge is 0.264 e. The van der Waals surface area contributed by atoms with Crippen LogP contribution in [0.4, 0.5) is 5.69 Å². The minimum absolute atomic E-state index is 0.0754. The van der Waals surface area contributed by atoms with Crippen LogP contribution >= 0.6 is 11.6 Å². The predicted octanol–water partition coefficient (Wildman–Crippen LogP) is 5.74. The normalized spacial score (nSPS) is 12.5. The summed E-state index contributed by atoms with van der Waals surface area (Å²) in [5.74, 6) is -0.858. The van der Waals surface area contributed by atoms with Crippen molar-refractivity contribution in [2.45, 2.75) is 71.0 Å². The van der Waals surface area contributed by atoms with Gasteiger partial charge in [0.15, 0.2) is 0 Å². The lowest BCUT2D eigenvalue weighted by atomic mass is 10.1. The van der Waals surface area contributed by atoms with Gasteiger partial charge in [-0.25, -0.2) is 8.42 Å². The van der Waals surface area contributed by atoms with Gasteiger partial charge in [0.2, 0.25) is 11.8 Å². The van der Waals surface area contributed by atoms with Crippen LogP contribution in [0.15, 0.2) is 77.7 Å². The lowest BCUT2D eigenvalue weighted by Crippen LogP contribution is -2.54. The maximum Gasteiger partial charge on any atom is 0.264 e. The second-order valence-corrected chi connectivity index (χ2v) is 13.2. The molecule has 7 nitrogen and oxygen atoms in total. The SMILES string of the molecule is CCc1ccccc1N(CC(=O)N(Cc1cccc(Cl)c1)[C@H](C)C(=O)NC(C)(C)C)S(=O)(=O)c1ccc(C)cc1. The molecule has 3 aromatic rings. The molecule has 3 rings (SSSR count). The van der Waals surface area contributed by atoms with E-state index in [-0.39, 0.29) is 17.3 Å². The maximum atomic E-state index is 14.1. The first-order valence-electron chi connectivity index (χ1n) is 13.3. The zero-order valence-electron chi connectivity index (χ0n) is 23.9. The van der Waals surface area contributed by atoms with E-state index in [2.05, 4.69) is 5.32 Å². The van der Waals surface area contributed by atoms with Crippen LogP contribution in [0.2, 0.25) is 5.02 Å². The summed E-state index contributed by atoms with van der Waals surface area (Å²) in [7, 11) is -4.12. The molecule has 0 fully saturated rings. The average molecular weight is 584 g/mol. The lowest BCUT2D eigenvalue weighted by molar-refractivity contribution is -0.140. The molecule has 9 heteroatoms. The van der Waals surface area contributed by atoms with Crippen LogP contribution in [0.25, 0.3) is 0 Å². The Hall–Kier alpha value is -3.36. The molecular formula is C31H38ClN3O4S. The summed E-state index contributed by atoms with van der Waals surface area (Å²) in [5.41, 5.74) is 2.33. The molecule has 1 N–H and O–H groups in total. The van der Waals surface area contributed by atoms with Gasteiger partial charge in [-0.15, -0.1) is 0 Å². The van der Waals surface area contributed by atoms with Gasteiger partial charge in [0, 0.05) is 17.1 Å². The highest BCUT2D eigenvalue weighted by Crippen LogP contribution is 2.28. The Morgan fingerprint density at radius 3 is 2.23 bits per heavy atom. The first kappa shape index (κ1) is 31.2. The number of rotatable bonds is 10. The van der Waals surface area contributed by atoms with Gasteiger partial charge < -0.3 is 10.2 Å². The summed E-state index contributed by atoms with van der Waals surface area (Å²) in [6.45, 7) is 10.6. The maximum absolute atomic E-state index is 14.1. The fourth-order valence-electron chi connectivity index (χ4n) is 4.29. The Morgan fingerprint density at radius 2 is 1.62 bits per heavy atom. The van der Waals surface area contributed by atoms with Crippen molar-refractivity contribution < 1.29 is 18.0 Å². The van der Waals surface area contributed by atoms with Gasteiger partial charge >= 0.3 is 0 Å². The monoisotopic (exact) mass is 583 g/mol. The quantitative estimate of drug-likeness (QED) is 0.330. The van der Waals surface area contributed by atoms with Crippen LogP contribution in [-0.4, -0.2) is 43.3 Å². The van der Waals surface area contributed by atoms with Crippen molar-refractivity contribution in [3.63, 3.8) is 0 Å². The fraction of sp³-hybridized carbons (Fsp3) is 0.355. The number of anilines is 1. The van der Waals surface area contributed by atoms with E-state index in [4.69, 9.17) is 11.6 Å². The van der Waals surface area contributed by atoms with Crippen molar-refractivity contribution in [2.24, 2.45) is 0 Å². The molecule has 0 saturated heterocycles. The van der Waals surface area contributed by atoms with Crippen LogP contribution in [0.3, 0.4) is 0 Å². The van der Waals surface area contributed by atoms with Crippen molar-refractivity contribution in [1.82, 2.24) is 10.2 Å². The molecule has 0 heterocycles. The molecular weight excluding hydrogens is 546 g/mol. The van der Waals surface area contributed by atoms with Gasteiger partial charge in [0.05, 0.1) is 10.6 Å². The van der Waals surface area contributed by atoms with E-state index in [1.54, 1.807) is 61.5 Å². The van der Waals surface area contributed by atoms with E-state index in [1.165, 1.54) is 4.90 Å². The number of nitrogens with zero attached hydrogens (tertiary/aromatic N) is 2. The van der Waals surface area contributed by atoms with Gasteiger partial charge in [-0.05, 0) is 82.5 Å². The third-order valence-corrected chi connectivity index (χ3v) is 8.45. The molecule has 0 radical (unpaired) electrons. The topological polar surface area (TPSA) is 86.8 Å². The minimum atomic E-state index is -4.12. The third-order valence-electron chi connectivity index (χ3n) is 6.44. The molecule has 214 valence electrons. The highest BCUT2D eigenvalue weighted by atomic mass is 35.5. The number of carbonyl (C=O) groups is 2. The Balaban J connectivity index is 2.08. The number of halogens is 1. The Labute approximate surface area is 243 Å². The van der Waals surface area contributed by atoms with Crippen LogP contribution < -0.4 is 9.62 Å². The van der Waals surface area contributed by atoms with Gasteiger partial charge in [-0.2, -0.15) is 0 Å². The number of para-hydroxylation sites is 1. The molecule has 0 unspecified atom stereocenters. The van der Waals surface area contributed by atoms with E-state index in [0.717, 1.165) is 21.0 Å². The summed E-state index contributed by atoms with van der Waals surface area (Å²) in [6, 6.07) is 19.8. The molecule has 0 aliphatic rings. The number of hydrogen-bond acceptors (Lipinski definition) is 4. The van der Waals surface area contributed by atoms with Crippen molar-refractivity contribution in [2.75, 3.05) is 10.8 Å². The molecule has 0 saturated carbocycles. The van der Waals surface area contributed by atoms with E-state index in [9.17, 15) is 18.0 Å². The molecule has 0 aliphatic carbocycles. The van der Waals surface area contributed by atoms with Crippen molar-refractivity contribution in [3.05, 3.63) is 94.5 Å². The van der Waals surface area contributed by atoms with Crippen molar-refractivity contribution >= 4 is 39.1 Å². The van der Waals surface area contributed by atoms with E-state index in [0.29, 0.717) is 17.1 Å². The number of nitrogens with one attached hydrogen (secondary N) is 1. The van der Waals surface area contributed by atoms with Gasteiger partial charge in [0.1, 0.15) is 12.6 Å². The van der Waals surface area contributed by atoms with E-state index >= 15 is 0 Å². The molecule has 0 aromatic heterocycles. The molecule has 3 aromatic carbocycles. The minimum Gasteiger partial charge on any atom is -0.350 e. The number of aryl methyl sites for hydroxylation is 2. The zero-order chi connectivity index (χ0) is 29.7. The largest absolute Gasteiger partial charge is 0.350 e. The molecule has 0 bridgehead atoms.